The van der Waals surface area contributed by atoms with E-state index in [4.69, 9.17) is 0 Å². The Morgan fingerprint density at radius 3 is 2.56 bits per heavy atom. The first kappa shape index (κ1) is 21.8. The minimum Gasteiger partial charge on any atom is -0.378 e. The standard InChI is InChI=1S/C23H26N6O2S/c1-28(2)18-12-10-17(11-13-18)21-26-27-22(32-21)25-20(30)19-9-6-14-29(19)23(31)24-15-16-7-4-3-5-8-16/h3-5,7-8,10-13,19H,6,9,14-15H2,1-2H3,(H,24,31)(H,25,27,30). The second-order valence-corrected chi connectivity index (χ2v) is 8.82. The lowest BCUT2D eigenvalue weighted by molar-refractivity contribution is -0.119. The van der Waals surface area contributed by atoms with Crippen LogP contribution < -0.4 is 15.5 Å². The van der Waals surface area contributed by atoms with E-state index in [1.54, 1.807) is 4.90 Å². The number of amides is 3. The summed E-state index contributed by atoms with van der Waals surface area (Å²) in [4.78, 5) is 29.2. The molecule has 1 aliphatic heterocycles. The number of nitrogens with one attached hydrogen (secondary N) is 2. The van der Waals surface area contributed by atoms with Crippen molar-refractivity contribution in [3.05, 3.63) is 60.2 Å². The maximum absolute atomic E-state index is 12.9. The Morgan fingerprint density at radius 2 is 1.84 bits per heavy atom. The Hall–Kier alpha value is -3.46. The molecule has 8 nitrogen and oxygen atoms in total. The predicted molar refractivity (Wildman–Crippen MR) is 127 cm³/mol. The first-order valence-electron chi connectivity index (χ1n) is 10.5. The van der Waals surface area contributed by atoms with E-state index in [0.29, 0.717) is 24.6 Å². The van der Waals surface area contributed by atoms with Crippen molar-refractivity contribution in [2.45, 2.75) is 25.4 Å². The molecule has 1 saturated heterocycles. The molecule has 1 unspecified atom stereocenters. The molecule has 1 atom stereocenters. The third-order valence-electron chi connectivity index (χ3n) is 5.39. The highest BCUT2D eigenvalue weighted by Gasteiger charge is 2.34. The lowest BCUT2D eigenvalue weighted by atomic mass is 10.2. The number of rotatable bonds is 6. The second kappa shape index (κ2) is 9.78. The van der Waals surface area contributed by atoms with Crippen molar-refractivity contribution in [2.24, 2.45) is 0 Å². The number of urea groups is 1. The number of carbonyl (C=O) groups excluding carboxylic acids is 2. The predicted octanol–water partition coefficient (Wildman–Crippen LogP) is 3.58. The summed E-state index contributed by atoms with van der Waals surface area (Å²) in [5, 5.41) is 15.2. The van der Waals surface area contributed by atoms with Gasteiger partial charge < -0.3 is 15.1 Å². The SMILES string of the molecule is CN(C)c1ccc(-c2nnc(NC(=O)C3CCCN3C(=O)NCc3ccccc3)s2)cc1. The number of nitrogens with zero attached hydrogens (tertiary/aromatic N) is 4. The van der Waals surface area contributed by atoms with E-state index in [-0.39, 0.29) is 11.9 Å². The number of anilines is 2. The van der Waals surface area contributed by atoms with E-state index in [1.165, 1.54) is 11.3 Å². The van der Waals surface area contributed by atoms with Gasteiger partial charge in [0, 0.05) is 38.4 Å². The van der Waals surface area contributed by atoms with E-state index in [2.05, 4.69) is 20.8 Å². The van der Waals surface area contributed by atoms with Crippen LogP contribution in [0.4, 0.5) is 15.6 Å². The maximum Gasteiger partial charge on any atom is 0.318 e. The molecule has 166 valence electrons. The van der Waals surface area contributed by atoms with E-state index < -0.39 is 6.04 Å². The fraction of sp³-hybridized carbons (Fsp3) is 0.304. The molecule has 3 aromatic rings. The summed E-state index contributed by atoms with van der Waals surface area (Å²) in [5.74, 6) is -0.233. The van der Waals surface area contributed by atoms with Crippen LogP contribution in [0.5, 0.6) is 0 Å². The molecule has 1 aromatic heterocycles. The highest BCUT2D eigenvalue weighted by Crippen LogP contribution is 2.28. The molecule has 2 aromatic carbocycles. The van der Waals surface area contributed by atoms with Crippen LogP contribution in [0.25, 0.3) is 10.6 Å². The molecule has 1 aliphatic rings. The number of benzene rings is 2. The Balaban J connectivity index is 1.36. The molecule has 2 heterocycles. The smallest absolute Gasteiger partial charge is 0.318 e. The van der Waals surface area contributed by atoms with E-state index >= 15 is 0 Å². The molecule has 9 heteroatoms. The highest BCUT2D eigenvalue weighted by atomic mass is 32.1. The summed E-state index contributed by atoms with van der Waals surface area (Å²) in [6.45, 7) is 0.981. The van der Waals surface area contributed by atoms with Crippen molar-refractivity contribution in [3.63, 3.8) is 0 Å². The number of hydrogen-bond donors (Lipinski definition) is 2. The average molecular weight is 451 g/mol. The number of likely N-dealkylation sites (tertiary alicyclic amines) is 1. The van der Waals surface area contributed by atoms with Crippen LogP contribution in [0.2, 0.25) is 0 Å². The second-order valence-electron chi connectivity index (χ2n) is 7.84. The van der Waals surface area contributed by atoms with E-state index in [0.717, 1.165) is 28.2 Å². The van der Waals surface area contributed by atoms with Crippen molar-refractivity contribution >= 4 is 34.1 Å². The number of carbonyl (C=O) groups is 2. The minimum absolute atomic E-state index is 0.231. The summed E-state index contributed by atoms with van der Waals surface area (Å²) in [6, 6.07) is 17.0. The molecule has 1 fully saturated rings. The number of aromatic nitrogens is 2. The van der Waals surface area contributed by atoms with Gasteiger partial charge in [-0.3, -0.25) is 10.1 Å². The fourth-order valence-corrected chi connectivity index (χ4v) is 4.39. The van der Waals surface area contributed by atoms with Crippen LogP contribution >= 0.6 is 11.3 Å². The highest BCUT2D eigenvalue weighted by molar-refractivity contribution is 7.18. The molecule has 0 radical (unpaired) electrons. The van der Waals surface area contributed by atoms with Gasteiger partial charge >= 0.3 is 6.03 Å². The zero-order valence-electron chi connectivity index (χ0n) is 18.1. The summed E-state index contributed by atoms with van der Waals surface area (Å²) in [7, 11) is 3.98. The molecule has 0 aliphatic carbocycles. The van der Waals surface area contributed by atoms with Crippen molar-refractivity contribution in [3.8, 4) is 10.6 Å². The molecular weight excluding hydrogens is 424 g/mol. The van der Waals surface area contributed by atoms with Gasteiger partial charge in [-0.15, -0.1) is 10.2 Å². The van der Waals surface area contributed by atoms with Gasteiger partial charge in [-0.25, -0.2) is 4.79 Å². The maximum atomic E-state index is 12.9. The lowest BCUT2D eigenvalue weighted by Crippen LogP contribution is -2.47. The Labute approximate surface area is 191 Å². The molecule has 0 spiro atoms. The van der Waals surface area contributed by atoms with Gasteiger partial charge in [0.25, 0.3) is 0 Å². The van der Waals surface area contributed by atoms with Crippen molar-refractivity contribution < 1.29 is 9.59 Å². The molecule has 2 N–H and O–H groups in total. The monoisotopic (exact) mass is 450 g/mol. The van der Waals surface area contributed by atoms with Crippen LogP contribution in [0.3, 0.4) is 0 Å². The summed E-state index contributed by atoms with van der Waals surface area (Å²) < 4.78 is 0. The quantitative estimate of drug-likeness (QED) is 0.599. The van der Waals surface area contributed by atoms with E-state index in [9.17, 15) is 9.59 Å². The largest absolute Gasteiger partial charge is 0.378 e. The van der Waals surface area contributed by atoms with Crippen LogP contribution in [0.15, 0.2) is 54.6 Å². The van der Waals surface area contributed by atoms with Gasteiger partial charge in [-0.1, -0.05) is 41.7 Å². The van der Waals surface area contributed by atoms with Gasteiger partial charge in [-0.05, 0) is 42.7 Å². The first-order chi connectivity index (χ1) is 15.5. The Kier molecular flexibility index (Phi) is 6.65. The van der Waals surface area contributed by atoms with Gasteiger partial charge in [0.05, 0.1) is 0 Å². The van der Waals surface area contributed by atoms with Crippen molar-refractivity contribution in [2.75, 3.05) is 30.9 Å². The zero-order chi connectivity index (χ0) is 22.5. The number of hydrogen-bond acceptors (Lipinski definition) is 6. The van der Waals surface area contributed by atoms with Crippen LogP contribution in [-0.4, -0.2) is 53.7 Å². The van der Waals surface area contributed by atoms with Gasteiger partial charge in [0.1, 0.15) is 11.0 Å². The molecule has 4 rings (SSSR count). The van der Waals surface area contributed by atoms with Gasteiger partial charge in [0.2, 0.25) is 11.0 Å². The van der Waals surface area contributed by atoms with Gasteiger partial charge in [-0.2, -0.15) is 0 Å². The third kappa shape index (κ3) is 5.05. The van der Waals surface area contributed by atoms with Crippen molar-refractivity contribution in [1.82, 2.24) is 20.4 Å². The van der Waals surface area contributed by atoms with Crippen LogP contribution in [0.1, 0.15) is 18.4 Å². The summed E-state index contributed by atoms with van der Waals surface area (Å²) >= 11 is 1.32. The topological polar surface area (TPSA) is 90.5 Å². The summed E-state index contributed by atoms with van der Waals surface area (Å²) in [5.41, 5.74) is 3.05. The fourth-order valence-electron chi connectivity index (χ4n) is 3.64. The Morgan fingerprint density at radius 1 is 1.09 bits per heavy atom. The minimum atomic E-state index is -0.516. The van der Waals surface area contributed by atoms with Crippen molar-refractivity contribution in [1.29, 1.82) is 0 Å². The van der Waals surface area contributed by atoms with Crippen LogP contribution in [-0.2, 0) is 11.3 Å². The normalized spacial score (nSPS) is 15.4. The Bertz CT molecular complexity index is 1070. The molecule has 0 bridgehead atoms. The van der Waals surface area contributed by atoms with Gasteiger partial charge in [0.15, 0.2) is 0 Å². The third-order valence-corrected chi connectivity index (χ3v) is 6.28. The summed E-state index contributed by atoms with van der Waals surface area (Å²) in [6.07, 6.45) is 1.42. The average Bonchev–Trinajstić information content (AvgIpc) is 3.48. The first-order valence-corrected chi connectivity index (χ1v) is 11.3. The zero-order valence-corrected chi connectivity index (χ0v) is 18.9. The molecular formula is C23H26N6O2S. The molecule has 0 saturated carbocycles. The van der Waals surface area contributed by atoms with E-state index in [1.807, 2.05) is 73.6 Å². The molecule has 32 heavy (non-hydrogen) atoms. The van der Waals surface area contributed by atoms with Crippen LogP contribution in [0, 0.1) is 0 Å². The lowest BCUT2D eigenvalue weighted by Gasteiger charge is -2.23. The molecule has 3 amide bonds.